The van der Waals surface area contributed by atoms with Crippen LogP contribution in [-0.4, -0.2) is 11.6 Å². The second-order valence-electron chi connectivity index (χ2n) is 3.18. The van der Waals surface area contributed by atoms with E-state index in [1.807, 2.05) is 30.3 Å². The smallest absolute Gasteiger partial charge is 0.220 e. The van der Waals surface area contributed by atoms with Crippen LogP contribution in [0.1, 0.15) is 5.89 Å². The molecule has 2 rings (SSSR count). The third-order valence-electron chi connectivity index (χ3n) is 2.02. The number of aromatic nitrogens is 1. The normalized spacial score (nSPS) is 9.94. The van der Waals surface area contributed by atoms with E-state index >= 15 is 0 Å². The van der Waals surface area contributed by atoms with Crippen LogP contribution in [0, 0.1) is 12.3 Å². The monoisotopic (exact) mass is 213 g/mol. The van der Waals surface area contributed by atoms with Crippen LogP contribution in [0.3, 0.4) is 0 Å². The lowest BCUT2D eigenvalue weighted by molar-refractivity contribution is 0.132. The molecule has 3 nitrogen and oxygen atoms in total. The van der Waals surface area contributed by atoms with Crippen molar-refractivity contribution in [1.29, 1.82) is 0 Å². The van der Waals surface area contributed by atoms with E-state index in [0.717, 1.165) is 11.3 Å². The number of ether oxygens (including phenoxy) is 1. The van der Waals surface area contributed by atoms with Gasteiger partial charge in [-0.3, -0.25) is 0 Å². The highest BCUT2D eigenvalue weighted by molar-refractivity contribution is 5.55. The standard InChI is InChI=1S/C13H11NO2/c1-2-8-15-10-13-14-9-12(16-13)11-6-4-3-5-7-11/h1,3-7,9H,8,10H2. The van der Waals surface area contributed by atoms with Gasteiger partial charge < -0.3 is 9.15 Å². The maximum Gasteiger partial charge on any atom is 0.220 e. The lowest BCUT2D eigenvalue weighted by Gasteiger charge is -1.95. The summed E-state index contributed by atoms with van der Waals surface area (Å²) in [6, 6.07) is 9.79. The van der Waals surface area contributed by atoms with Crippen LogP contribution in [-0.2, 0) is 11.3 Å². The molecule has 16 heavy (non-hydrogen) atoms. The van der Waals surface area contributed by atoms with Gasteiger partial charge in [0.15, 0.2) is 5.76 Å². The van der Waals surface area contributed by atoms with Crippen LogP contribution >= 0.6 is 0 Å². The summed E-state index contributed by atoms with van der Waals surface area (Å²) in [5.74, 6) is 3.66. The van der Waals surface area contributed by atoms with Crippen LogP contribution in [0.4, 0.5) is 0 Å². The number of terminal acetylenes is 1. The van der Waals surface area contributed by atoms with Crippen LogP contribution in [0.25, 0.3) is 11.3 Å². The minimum Gasteiger partial charge on any atom is -0.438 e. The van der Waals surface area contributed by atoms with E-state index in [4.69, 9.17) is 15.6 Å². The number of hydrogen-bond donors (Lipinski definition) is 0. The lowest BCUT2D eigenvalue weighted by Crippen LogP contribution is -1.92. The van der Waals surface area contributed by atoms with Crippen molar-refractivity contribution >= 4 is 0 Å². The van der Waals surface area contributed by atoms with Gasteiger partial charge >= 0.3 is 0 Å². The highest BCUT2D eigenvalue weighted by Gasteiger charge is 2.05. The first-order chi connectivity index (χ1) is 7.90. The fourth-order valence-electron chi connectivity index (χ4n) is 1.31. The molecule has 0 unspecified atom stereocenters. The van der Waals surface area contributed by atoms with Crippen molar-refractivity contribution in [3.63, 3.8) is 0 Å². The molecule has 0 aliphatic rings. The van der Waals surface area contributed by atoms with E-state index in [-0.39, 0.29) is 6.61 Å². The van der Waals surface area contributed by atoms with Crippen LogP contribution in [0.5, 0.6) is 0 Å². The zero-order valence-corrected chi connectivity index (χ0v) is 8.72. The Labute approximate surface area is 94.1 Å². The summed E-state index contributed by atoms with van der Waals surface area (Å²) in [6.07, 6.45) is 6.75. The fraction of sp³-hybridized carbons (Fsp3) is 0.154. The SMILES string of the molecule is C#CCOCc1ncc(-c2ccccc2)o1. The number of oxazole rings is 1. The summed E-state index contributed by atoms with van der Waals surface area (Å²) in [7, 11) is 0. The molecule has 0 fully saturated rings. The highest BCUT2D eigenvalue weighted by atomic mass is 16.5. The number of benzene rings is 1. The van der Waals surface area contributed by atoms with Gasteiger partial charge in [0.05, 0.1) is 6.20 Å². The van der Waals surface area contributed by atoms with Crippen molar-refractivity contribution in [3.05, 3.63) is 42.4 Å². The van der Waals surface area contributed by atoms with Gasteiger partial charge in [-0.1, -0.05) is 36.3 Å². The Morgan fingerprint density at radius 2 is 2.12 bits per heavy atom. The molecule has 0 saturated heterocycles. The first-order valence-corrected chi connectivity index (χ1v) is 4.91. The van der Waals surface area contributed by atoms with Crippen LogP contribution < -0.4 is 0 Å². The van der Waals surface area contributed by atoms with Crippen LogP contribution in [0.2, 0.25) is 0 Å². The molecular formula is C13H11NO2. The third-order valence-corrected chi connectivity index (χ3v) is 2.02. The first kappa shape index (κ1) is 10.5. The topological polar surface area (TPSA) is 35.3 Å². The quantitative estimate of drug-likeness (QED) is 0.578. The second kappa shape index (κ2) is 5.15. The zero-order chi connectivity index (χ0) is 11.2. The van der Waals surface area contributed by atoms with Gasteiger partial charge in [0.1, 0.15) is 13.2 Å². The summed E-state index contributed by atoms with van der Waals surface area (Å²) in [5.41, 5.74) is 0.998. The number of nitrogens with zero attached hydrogens (tertiary/aromatic N) is 1. The maximum absolute atomic E-state index is 5.51. The molecule has 0 aliphatic carbocycles. The van der Waals surface area contributed by atoms with Crippen molar-refractivity contribution in [2.75, 3.05) is 6.61 Å². The average Bonchev–Trinajstić information content (AvgIpc) is 2.79. The predicted octanol–water partition coefficient (Wildman–Crippen LogP) is 2.49. The fourth-order valence-corrected chi connectivity index (χ4v) is 1.31. The molecule has 0 atom stereocenters. The minimum absolute atomic E-state index is 0.267. The molecule has 2 aromatic rings. The molecular weight excluding hydrogens is 202 g/mol. The summed E-state index contributed by atoms with van der Waals surface area (Å²) in [6.45, 7) is 0.570. The zero-order valence-electron chi connectivity index (χ0n) is 8.72. The molecule has 1 aromatic carbocycles. The highest BCUT2D eigenvalue weighted by Crippen LogP contribution is 2.19. The molecule has 0 radical (unpaired) electrons. The van der Waals surface area contributed by atoms with Gasteiger partial charge in [0.25, 0.3) is 0 Å². The van der Waals surface area contributed by atoms with Crippen molar-refractivity contribution in [2.24, 2.45) is 0 Å². The maximum atomic E-state index is 5.51. The Morgan fingerprint density at radius 3 is 2.88 bits per heavy atom. The Kier molecular flexibility index (Phi) is 3.37. The molecule has 80 valence electrons. The summed E-state index contributed by atoms with van der Waals surface area (Å²) in [4.78, 5) is 4.10. The molecule has 0 spiro atoms. The Hall–Kier alpha value is -2.05. The Balaban J connectivity index is 2.06. The van der Waals surface area contributed by atoms with Crippen molar-refractivity contribution in [1.82, 2.24) is 4.98 Å². The van der Waals surface area contributed by atoms with E-state index in [1.54, 1.807) is 6.20 Å². The van der Waals surface area contributed by atoms with Crippen LogP contribution in [0.15, 0.2) is 40.9 Å². The van der Waals surface area contributed by atoms with E-state index in [1.165, 1.54) is 0 Å². The molecule has 1 heterocycles. The number of rotatable bonds is 4. The molecule has 0 saturated carbocycles. The van der Waals surface area contributed by atoms with Gasteiger partial charge in [-0.2, -0.15) is 0 Å². The van der Waals surface area contributed by atoms with Crippen molar-refractivity contribution in [2.45, 2.75) is 6.61 Å². The van der Waals surface area contributed by atoms with Gasteiger partial charge in [0, 0.05) is 5.56 Å². The summed E-state index contributed by atoms with van der Waals surface area (Å²) < 4.78 is 10.6. The molecule has 0 bridgehead atoms. The summed E-state index contributed by atoms with van der Waals surface area (Å²) in [5, 5.41) is 0. The molecule has 1 aromatic heterocycles. The third kappa shape index (κ3) is 2.50. The van der Waals surface area contributed by atoms with Crippen molar-refractivity contribution in [3.8, 4) is 23.7 Å². The van der Waals surface area contributed by atoms with Gasteiger partial charge in [0.2, 0.25) is 5.89 Å². The average molecular weight is 213 g/mol. The largest absolute Gasteiger partial charge is 0.438 e. The first-order valence-electron chi connectivity index (χ1n) is 4.91. The molecule has 0 amide bonds. The van der Waals surface area contributed by atoms with Gasteiger partial charge in [-0.25, -0.2) is 4.98 Å². The molecule has 0 aliphatic heterocycles. The Bertz CT molecular complexity index is 482. The van der Waals surface area contributed by atoms with E-state index in [0.29, 0.717) is 12.5 Å². The predicted molar refractivity (Wildman–Crippen MR) is 60.4 cm³/mol. The molecule has 3 heteroatoms. The summed E-state index contributed by atoms with van der Waals surface area (Å²) >= 11 is 0. The van der Waals surface area contributed by atoms with Crippen molar-refractivity contribution < 1.29 is 9.15 Å². The lowest BCUT2D eigenvalue weighted by atomic mass is 10.2. The van der Waals surface area contributed by atoms with Gasteiger partial charge in [-0.15, -0.1) is 6.42 Å². The molecule has 0 N–H and O–H groups in total. The Morgan fingerprint density at radius 1 is 1.31 bits per heavy atom. The van der Waals surface area contributed by atoms with E-state index < -0.39 is 0 Å². The second-order valence-corrected chi connectivity index (χ2v) is 3.18. The van der Waals surface area contributed by atoms with E-state index in [9.17, 15) is 0 Å². The van der Waals surface area contributed by atoms with Gasteiger partial charge in [-0.05, 0) is 0 Å². The minimum atomic E-state index is 0.267. The van der Waals surface area contributed by atoms with E-state index in [2.05, 4.69) is 10.9 Å². The number of hydrogen-bond acceptors (Lipinski definition) is 3.